The van der Waals surface area contributed by atoms with Crippen molar-refractivity contribution in [2.75, 3.05) is 54.6 Å². The van der Waals surface area contributed by atoms with E-state index >= 15 is 0 Å². The van der Waals surface area contributed by atoms with Gasteiger partial charge in [0, 0.05) is 18.8 Å². The Morgan fingerprint density at radius 2 is 2.31 bits per heavy atom. The molecule has 0 saturated carbocycles. The van der Waals surface area contributed by atoms with Crippen molar-refractivity contribution in [3.8, 4) is 0 Å². The van der Waals surface area contributed by atoms with Crippen LogP contribution in [0.5, 0.6) is 0 Å². The summed E-state index contributed by atoms with van der Waals surface area (Å²) < 4.78 is 24.8. The highest BCUT2D eigenvalue weighted by molar-refractivity contribution is 7.99. The number of thiocarbonyl (C=S) groups is 1. The lowest BCUT2D eigenvalue weighted by Gasteiger charge is -2.24. The number of nitrogens with one attached hydrogen (secondary N) is 1. The summed E-state index contributed by atoms with van der Waals surface area (Å²) in [5.74, 6) is 1.79. The number of halogens is 1. The molecule has 0 radical (unpaired) electrons. The molecule has 2 heterocycles. The van der Waals surface area contributed by atoms with Crippen LogP contribution < -0.4 is 15.1 Å². The summed E-state index contributed by atoms with van der Waals surface area (Å²) in [6.45, 7) is 2.36. The Bertz CT molecular complexity index is 669. The quantitative estimate of drug-likeness (QED) is 0.781. The predicted molar refractivity (Wildman–Crippen MR) is 106 cm³/mol. The Labute approximate surface area is 162 Å². The largest absolute Gasteiger partial charge is 0.474 e. The van der Waals surface area contributed by atoms with E-state index in [4.69, 9.17) is 21.7 Å². The summed E-state index contributed by atoms with van der Waals surface area (Å²) in [5, 5.41) is 3.10. The highest BCUT2D eigenvalue weighted by Gasteiger charge is 2.33. The van der Waals surface area contributed by atoms with Crippen molar-refractivity contribution >= 4 is 46.6 Å². The molecule has 6 nitrogen and oxygen atoms in total. The van der Waals surface area contributed by atoms with Gasteiger partial charge in [-0.2, -0.15) is 11.8 Å². The Balaban J connectivity index is 1.66. The van der Waals surface area contributed by atoms with E-state index in [1.54, 1.807) is 12.1 Å². The second kappa shape index (κ2) is 8.77. The highest BCUT2D eigenvalue weighted by Crippen LogP contribution is 2.29. The first-order chi connectivity index (χ1) is 12.6. The number of ether oxygens (including phenoxy) is 2. The summed E-state index contributed by atoms with van der Waals surface area (Å²) in [5.41, 5.74) is 1.09. The minimum Gasteiger partial charge on any atom is -0.474 e. The normalized spacial score (nSPS) is 20.5. The molecule has 0 aliphatic carbocycles. The number of amides is 1. The first kappa shape index (κ1) is 19.0. The van der Waals surface area contributed by atoms with Gasteiger partial charge in [0.15, 0.2) is 0 Å². The van der Waals surface area contributed by atoms with Crippen LogP contribution in [0.2, 0.25) is 0 Å². The molecule has 2 aliphatic heterocycles. The van der Waals surface area contributed by atoms with Crippen molar-refractivity contribution in [3.05, 3.63) is 24.0 Å². The monoisotopic (exact) mass is 399 g/mol. The molecule has 0 bridgehead atoms. The zero-order chi connectivity index (χ0) is 18.5. The minimum atomic E-state index is -0.488. The molecule has 0 spiro atoms. The van der Waals surface area contributed by atoms with E-state index in [2.05, 4.69) is 10.2 Å². The van der Waals surface area contributed by atoms with Crippen molar-refractivity contribution in [2.24, 2.45) is 0 Å². The lowest BCUT2D eigenvalue weighted by Crippen LogP contribution is -2.34. The number of anilines is 2. The molecule has 1 amide bonds. The summed E-state index contributed by atoms with van der Waals surface area (Å²) >= 11 is 6.80. The molecule has 1 aromatic carbocycles. The first-order valence-corrected chi connectivity index (χ1v) is 10.1. The van der Waals surface area contributed by atoms with Gasteiger partial charge in [-0.3, -0.25) is 4.90 Å². The topological polar surface area (TPSA) is 54.0 Å². The molecule has 2 aliphatic rings. The lowest BCUT2D eigenvalue weighted by atomic mass is 10.2. The second-order valence-corrected chi connectivity index (χ2v) is 7.67. The van der Waals surface area contributed by atoms with Gasteiger partial charge in [0.05, 0.1) is 31.6 Å². The first-order valence-electron chi connectivity index (χ1n) is 8.50. The number of hydrogen-bond acceptors (Lipinski definition) is 6. The number of carbonyl (C=O) groups is 1. The van der Waals surface area contributed by atoms with Crippen molar-refractivity contribution in [1.82, 2.24) is 5.32 Å². The Hall–Kier alpha value is -1.74. The van der Waals surface area contributed by atoms with E-state index in [1.165, 1.54) is 18.1 Å². The average molecular weight is 400 g/mol. The van der Waals surface area contributed by atoms with Gasteiger partial charge in [-0.05, 0) is 42.6 Å². The van der Waals surface area contributed by atoms with Crippen LogP contribution in [0, 0.1) is 5.82 Å². The summed E-state index contributed by atoms with van der Waals surface area (Å²) in [6, 6.07) is 4.93. The zero-order valence-corrected chi connectivity index (χ0v) is 16.2. The van der Waals surface area contributed by atoms with Crippen LogP contribution in [0.4, 0.5) is 20.6 Å². The van der Waals surface area contributed by atoms with E-state index in [1.807, 2.05) is 11.8 Å². The van der Waals surface area contributed by atoms with Gasteiger partial charge in [-0.1, -0.05) is 0 Å². The Morgan fingerprint density at radius 3 is 3.08 bits per heavy atom. The molecule has 1 N–H and O–H groups in total. The van der Waals surface area contributed by atoms with Crippen molar-refractivity contribution in [1.29, 1.82) is 0 Å². The predicted octanol–water partition coefficient (Wildman–Crippen LogP) is 2.62. The molecule has 3 rings (SSSR count). The van der Waals surface area contributed by atoms with E-state index < -0.39 is 6.09 Å². The van der Waals surface area contributed by atoms with Crippen molar-refractivity contribution < 1.29 is 18.7 Å². The number of rotatable bonds is 4. The van der Waals surface area contributed by atoms with Gasteiger partial charge in [0.25, 0.3) is 5.17 Å². The molecular weight excluding hydrogens is 377 g/mol. The summed E-state index contributed by atoms with van der Waals surface area (Å²) in [7, 11) is 1.47. The third kappa shape index (κ3) is 4.50. The fourth-order valence-corrected chi connectivity index (χ4v) is 3.99. The van der Waals surface area contributed by atoms with Gasteiger partial charge in [-0.25, -0.2) is 9.18 Å². The van der Waals surface area contributed by atoms with Crippen molar-refractivity contribution in [3.63, 3.8) is 0 Å². The molecule has 1 aromatic rings. The van der Waals surface area contributed by atoms with Gasteiger partial charge in [0.1, 0.15) is 11.9 Å². The van der Waals surface area contributed by atoms with E-state index in [9.17, 15) is 9.18 Å². The molecule has 142 valence electrons. The minimum absolute atomic E-state index is 0.241. The van der Waals surface area contributed by atoms with E-state index in [0.717, 1.165) is 31.0 Å². The van der Waals surface area contributed by atoms with Gasteiger partial charge in [0.2, 0.25) is 0 Å². The number of nitrogens with zero attached hydrogens (tertiary/aromatic N) is 2. The fourth-order valence-electron chi connectivity index (χ4n) is 3.02. The molecule has 9 heteroatoms. The third-order valence-electron chi connectivity index (χ3n) is 4.34. The molecule has 0 aromatic heterocycles. The molecule has 2 saturated heterocycles. The molecule has 26 heavy (non-hydrogen) atoms. The average Bonchev–Trinajstić information content (AvgIpc) is 2.83. The van der Waals surface area contributed by atoms with Crippen LogP contribution >= 0.6 is 24.0 Å². The number of cyclic esters (lactones) is 1. The maximum atomic E-state index is 14.7. The molecule has 1 atom stereocenters. The van der Waals surface area contributed by atoms with Gasteiger partial charge >= 0.3 is 6.09 Å². The van der Waals surface area contributed by atoms with Crippen LogP contribution in [0.15, 0.2) is 18.2 Å². The summed E-state index contributed by atoms with van der Waals surface area (Å²) in [4.78, 5) is 15.6. The number of carbonyl (C=O) groups excluding carboxylic acids is 1. The SMILES string of the molecule is COC(=S)NCC1CN(c2ccc(N3CCCSCC3)c(F)c2)C(=O)O1. The lowest BCUT2D eigenvalue weighted by molar-refractivity contribution is 0.142. The number of hydrogen-bond donors (Lipinski definition) is 1. The molecule has 2 fully saturated rings. The Kier molecular flexibility index (Phi) is 6.42. The smallest absolute Gasteiger partial charge is 0.414 e. The van der Waals surface area contributed by atoms with Crippen LogP contribution in [-0.4, -0.2) is 62.2 Å². The zero-order valence-electron chi connectivity index (χ0n) is 14.6. The number of methoxy groups -OCH3 is 1. The van der Waals surface area contributed by atoms with E-state index in [0.29, 0.717) is 24.5 Å². The van der Waals surface area contributed by atoms with Gasteiger partial charge < -0.3 is 19.7 Å². The fraction of sp³-hybridized carbons (Fsp3) is 0.529. The van der Waals surface area contributed by atoms with Crippen LogP contribution in [-0.2, 0) is 9.47 Å². The maximum Gasteiger partial charge on any atom is 0.414 e. The third-order valence-corrected chi connectivity index (χ3v) is 5.70. The maximum absolute atomic E-state index is 14.7. The van der Waals surface area contributed by atoms with Crippen LogP contribution in [0.3, 0.4) is 0 Å². The summed E-state index contributed by atoms with van der Waals surface area (Å²) in [6.07, 6.45) is 0.182. The number of benzene rings is 1. The van der Waals surface area contributed by atoms with E-state index in [-0.39, 0.29) is 17.1 Å². The van der Waals surface area contributed by atoms with Crippen LogP contribution in [0.25, 0.3) is 0 Å². The van der Waals surface area contributed by atoms with Gasteiger partial charge in [-0.15, -0.1) is 0 Å². The second-order valence-electron chi connectivity index (χ2n) is 6.08. The highest BCUT2D eigenvalue weighted by atomic mass is 32.2. The molecule has 1 unspecified atom stereocenters. The number of thioether (sulfide) groups is 1. The van der Waals surface area contributed by atoms with Crippen molar-refractivity contribution in [2.45, 2.75) is 12.5 Å². The molecular formula is C17H22FN3O3S2. The van der Waals surface area contributed by atoms with Crippen LogP contribution in [0.1, 0.15) is 6.42 Å². The standard InChI is InChI=1S/C17H22FN3O3S2/c1-23-16(25)19-10-13-11-21(17(22)24-13)12-3-4-15(14(18)9-12)20-5-2-7-26-8-6-20/h3-4,9,13H,2,5-8,10-11H2,1H3,(H,19,25). The Morgan fingerprint density at radius 1 is 1.46 bits per heavy atom.